The first-order valence-corrected chi connectivity index (χ1v) is 10.0. The lowest BCUT2D eigenvalue weighted by molar-refractivity contribution is 0.0962. The van der Waals surface area contributed by atoms with Crippen LogP contribution in [0.2, 0.25) is 0 Å². The van der Waals surface area contributed by atoms with Crippen molar-refractivity contribution in [3.63, 3.8) is 0 Å². The molecule has 0 unspecified atom stereocenters. The maximum atomic E-state index is 13.2. The van der Waals surface area contributed by atoms with E-state index >= 15 is 0 Å². The van der Waals surface area contributed by atoms with Gasteiger partial charge in [-0.15, -0.1) is 0 Å². The number of carbonyl (C=O) groups is 1. The minimum Gasteiger partial charge on any atom is -0.393 e. The van der Waals surface area contributed by atoms with Gasteiger partial charge in [-0.1, -0.05) is 18.2 Å². The molecule has 4 rings (SSSR count). The molecule has 1 fully saturated rings. The summed E-state index contributed by atoms with van der Waals surface area (Å²) in [6, 6.07) is 13.8. The SMILES string of the molecule is Cc1ccccc1C(=O)NNc1ncnc(N2CCN(c3ccc(F)cc3)CC2)c1N. The highest BCUT2D eigenvalue weighted by Crippen LogP contribution is 2.27. The van der Waals surface area contributed by atoms with Crippen molar-refractivity contribution in [3.8, 4) is 0 Å². The third-order valence-corrected chi connectivity index (χ3v) is 5.32. The maximum Gasteiger partial charge on any atom is 0.269 e. The first-order chi connectivity index (χ1) is 15.0. The number of nitrogens with zero attached hydrogens (tertiary/aromatic N) is 4. The second-order valence-corrected chi connectivity index (χ2v) is 7.30. The smallest absolute Gasteiger partial charge is 0.269 e. The van der Waals surface area contributed by atoms with Crippen molar-refractivity contribution in [3.05, 3.63) is 71.8 Å². The topological polar surface area (TPSA) is 99.4 Å². The number of nitrogen functional groups attached to an aromatic ring is 1. The molecule has 0 bridgehead atoms. The molecule has 4 N–H and O–H groups in total. The number of aryl methyl sites for hydroxylation is 1. The third-order valence-electron chi connectivity index (χ3n) is 5.32. The Kier molecular flexibility index (Phi) is 5.83. The highest BCUT2D eigenvalue weighted by Gasteiger charge is 2.22. The summed E-state index contributed by atoms with van der Waals surface area (Å²) in [4.78, 5) is 25.2. The summed E-state index contributed by atoms with van der Waals surface area (Å²) in [5.41, 5.74) is 14.5. The zero-order valence-electron chi connectivity index (χ0n) is 17.2. The van der Waals surface area contributed by atoms with Crippen LogP contribution in [0.3, 0.4) is 0 Å². The third kappa shape index (κ3) is 4.50. The Labute approximate surface area is 179 Å². The van der Waals surface area contributed by atoms with Crippen LogP contribution in [0.5, 0.6) is 0 Å². The number of nitrogens with one attached hydrogen (secondary N) is 2. The Morgan fingerprint density at radius 3 is 2.39 bits per heavy atom. The molecule has 160 valence electrons. The zero-order valence-corrected chi connectivity index (χ0v) is 17.2. The van der Waals surface area contributed by atoms with Gasteiger partial charge < -0.3 is 15.5 Å². The van der Waals surface area contributed by atoms with Crippen LogP contribution in [0.25, 0.3) is 0 Å². The number of piperazine rings is 1. The van der Waals surface area contributed by atoms with Crippen LogP contribution < -0.4 is 26.4 Å². The molecule has 31 heavy (non-hydrogen) atoms. The van der Waals surface area contributed by atoms with Crippen LogP contribution in [0, 0.1) is 12.7 Å². The summed E-state index contributed by atoms with van der Waals surface area (Å²) in [6.45, 7) is 4.78. The average Bonchev–Trinajstić information content (AvgIpc) is 2.79. The maximum absolute atomic E-state index is 13.2. The van der Waals surface area contributed by atoms with E-state index in [0.29, 0.717) is 36.0 Å². The summed E-state index contributed by atoms with van der Waals surface area (Å²) < 4.78 is 13.2. The molecule has 3 aromatic rings. The van der Waals surface area contributed by atoms with E-state index in [2.05, 4.69) is 30.6 Å². The van der Waals surface area contributed by atoms with Gasteiger partial charge in [-0.05, 0) is 42.8 Å². The number of halogens is 1. The normalized spacial score (nSPS) is 13.7. The Morgan fingerprint density at radius 1 is 1.00 bits per heavy atom. The van der Waals surface area contributed by atoms with Crippen molar-refractivity contribution in [2.45, 2.75) is 6.92 Å². The Hall–Kier alpha value is -3.88. The predicted octanol–water partition coefficient (Wildman–Crippen LogP) is 2.59. The van der Waals surface area contributed by atoms with E-state index < -0.39 is 0 Å². The number of anilines is 4. The predicted molar refractivity (Wildman–Crippen MR) is 120 cm³/mol. The summed E-state index contributed by atoms with van der Waals surface area (Å²) in [5, 5.41) is 0. The fourth-order valence-corrected chi connectivity index (χ4v) is 3.58. The largest absolute Gasteiger partial charge is 0.393 e. The number of hydrazine groups is 1. The van der Waals surface area contributed by atoms with Crippen LogP contribution in [0.1, 0.15) is 15.9 Å². The molecule has 1 amide bonds. The first kappa shape index (κ1) is 20.4. The molecule has 0 radical (unpaired) electrons. The number of hydrogen-bond acceptors (Lipinski definition) is 7. The molecular weight excluding hydrogens is 397 g/mol. The van der Waals surface area contributed by atoms with Crippen LogP contribution in [0.4, 0.5) is 27.4 Å². The van der Waals surface area contributed by atoms with Crippen LogP contribution in [-0.2, 0) is 0 Å². The monoisotopic (exact) mass is 421 g/mol. The van der Waals surface area contributed by atoms with E-state index in [1.54, 1.807) is 18.2 Å². The van der Waals surface area contributed by atoms with Gasteiger partial charge in [0, 0.05) is 37.4 Å². The van der Waals surface area contributed by atoms with Crippen molar-refractivity contribution in [2.75, 3.05) is 47.1 Å². The molecule has 9 heteroatoms. The van der Waals surface area contributed by atoms with E-state index in [9.17, 15) is 9.18 Å². The second kappa shape index (κ2) is 8.86. The minimum atomic E-state index is -0.273. The van der Waals surface area contributed by atoms with Gasteiger partial charge in [0.2, 0.25) is 0 Å². The van der Waals surface area contributed by atoms with E-state index in [1.165, 1.54) is 18.5 Å². The fourth-order valence-electron chi connectivity index (χ4n) is 3.58. The average molecular weight is 421 g/mol. The molecule has 1 aliphatic heterocycles. The molecule has 2 aromatic carbocycles. The van der Waals surface area contributed by atoms with Crippen molar-refractivity contribution in [2.24, 2.45) is 0 Å². The minimum absolute atomic E-state index is 0.245. The van der Waals surface area contributed by atoms with Gasteiger partial charge in [0.25, 0.3) is 5.91 Å². The van der Waals surface area contributed by atoms with Crippen LogP contribution >= 0.6 is 0 Å². The Bertz CT molecular complexity index is 1070. The first-order valence-electron chi connectivity index (χ1n) is 10.0. The van der Waals surface area contributed by atoms with E-state index in [1.807, 2.05) is 25.1 Å². The molecule has 1 saturated heterocycles. The summed E-state index contributed by atoms with van der Waals surface area (Å²) in [6.07, 6.45) is 1.42. The number of hydrogen-bond donors (Lipinski definition) is 3. The highest BCUT2D eigenvalue weighted by molar-refractivity contribution is 5.96. The lowest BCUT2D eigenvalue weighted by Gasteiger charge is -2.37. The summed E-state index contributed by atoms with van der Waals surface area (Å²) >= 11 is 0. The van der Waals surface area contributed by atoms with Crippen LogP contribution in [-0.4, -0.2) is 42.1 Å². The molecule has 0 aliphatic carbocycles. The second-order valence-electron chi connectivity index (χ2n) is 7.30. The molecular formula is C22H24FN7O. The lowest BCUT2D eigenvalue weighted by atomic mass is 10.1. The number of carbonyl (C=O) groups excluding carboxylic acids is 1. The Balaban J connectivity index is 1.40. The van der Waals surface area contributed by atoms with Crippen molar-refractivity contribution in [1.29, 1.82) is 0 Å². The standard InChI is InChI=1S/C22H24FN7O/c1-15-4-2-3-5-18(15)22(31)28-27-20-19(24)21(26-14-25-20)30-12-10-29(11-13-30)17-8-6-16(23)7-9-17/h2-9,14H,10-13,24H2,1H3,(H,28,31)(H,25,26,27). The number of amides is 1. The van der Waals surface area contributed by atoms with Crippen LogP contribution in [0.15, 0.2) is 54.9 Å². The number of rotatable bonds is 5. The number of aromatic nitrogens is 2. The Morgan fingerprint density at radius 2 is 1.68 bits per heavy atom. The lowest BCUT2D eigenvalue weighted by Crippen LogP contribution is -2.47. The molecule has 0 saturated carbocycles. The van der Waals surface area contributed by atoms with Gasteiger partial charge >= 0.3 is 0 Å². The highest BCUT2D eigenvalue weighted by atomic mass is 19.1. The number of nitrogens with two attached hydrogens (primary N) is 1. The molecule has 0 atom stereocenters. The molecule has 0 spiro atoms. The van der Waals surface area contributed by atoms with Gasteiger partial charge in [0.1, 0.15) is 17.8 Å². The molecule has 1 aromatic heterocycles. The van der Waals surface area contributed by atoms with Gasteiger partial charge in [-0.3, -0.25) is 15.6 Å². The van der Waals surface area contributed by atoms with Gasteiger partial charge in [-0.25, -0.2) is 14.4 Å². The number of benzene rings is 2. The zero-order chi connectivity index (χ0) is 21.8. The van der Waals surface area contributed by atoms with Crippen molar-refractivity contribution in [1.82, 2.24) is 15.4 Å². The molecule has 1 aliphatic rings. The van der Waals surface area contributed by atoms with E-state index in [0.717, 1.165) is 24.3 Å². The quantitative estimate of drug-likeness (QED) is 0.545. The van der Waals surface area contributed by atoms with E-state index in [4.69, 9.17) is 5.73 Å². The van der Waals surface area contributed by atoms with Gasteiger partial charge in [-0.2, -0.15) is 0 Å². The van der Waals surface area contributed by atoms with Gasteiger partial charge in [0.05, 0.1) is 0 Å². The molecule has 2 heterocycles. The fraction of sp³-hybridized carbons (Fsp3) is 0.227. The summed E-state index contributed by atoms with van der Waals surface area (Å²) in [5.74, 6) is 0.436. The summed E-state index contributed by atoms with van der Waals surface area (Å²) in [7, 11) is 0. The van der Waals surface area contributed by atoms with E-state index in [-0.39, 0.29) is 11.7 Å². The van der Waals surface area contributed by atoms with Gasteiger partial charge in [0.15, 0.2) is 11.6 Å². The van der Waals surface area contributed by atoms with Crippen molar-refractivity contribution < 1.29 is 9.18 Å². The molecule has 8 nitrogen and oxygen atoms in total. The van der Waals surface area contributed by atoms with Crippen molar-refractivity contribution >= 4 is 28.9 Å².